The van der Waals surface area contributed by atoms with Gasteiger partial charge in [-0.05, 0) is 30.7 Å². The standard InChI is InChI=1S/C24H21N3O/c1-2-17-28-21-15-13-20(14-16-21)24-26-22(18-9-5-3-6-10-18)25-23(27-24)19-11-7-4-8-12-19/h3-16H,2,17H2,1H3. The quantitative estimate of drug-likeness (QED) is 0.441. The molecule has 0 N–H and O–H groups in total. The molecule has 0 bridgehead atoms. The van der Waals surface area contributed by atoms with Gasteiger partial charge in [-0.25, -0.2) is 15.0 Å². The third kappa shape index (κ3) is 4.07. The fourth-order valence-corrected chi connectivity index (χ4v) is 2.86. The highest BCUT2D eigenvalue weighted by molar-refractivity contribution is 5.66. The van der Waals surface area contributed by atoms with Crippen LogP contribution in [0.4, 0.5) is 0 Å². The third-order valence-corrected chi connectivity index (χ3v) is 4.28. The summed E-state index contributed by atoms with van der Waals surface area (Å²) in [5, 5.41) is 0. The molecule has 0 aliphatic carbocycles. The maximum atomic E-state index is 5.68. The minimum absolute atomic E-state index is 0.648. The van der Waals surface area contributed by atoms with Gasteiger partial charge in [0.15, 0.2) is 17.5 Å². The van der Waals surface area contributed by atoms with E-state index in [1.165, 1.54) is 0 Å². The first kappa shape index (κ1) is 17.9. The van der Waals surface area contributed by atoms with Gasteiger partial charge in [-0.15, -0.1) is 0 Å². The molecule has 0 saturated heterocycles. The predicted octanol–water partition coefficient (Wildman–Crippen LogP) is 5.66. The summed E-state index contributed by atoms with van der Waals surface area (Å²) in [6.07, 6.45) is 0.982. The second-order valence-corrected chi connectivity index (χ2v) is 6.41. The largest absolute Gasteiger partial charge is 0.494 e. The molecular formula is C24H21N3O. The van der Waals surface area contributed by atoms with Crippen molar-refractivity contribution in [3.05, 3.63) is 84.9 Å². The molecule has 0 atom stereocenters. The highest BCUT2D eigenvalue weighted by Crippen LogP contribution is 2.25. The van der Waals surface area contributed by atoms with Crippen LogP contribution in [-0.2, 0) is 0 Å². The Bertz CT molecular complexity index is 975. The Hall–Kier alpha value is -3.53. The molecule has 1 heterocycles. The van der Waals surface area contributed by atoms with Crippen LogP contribution in [0.2, 0.25) is 0 Å². The van der Waals surface area contributed by atoms with Gasteiger partial charge >= 0.3 is 0 Å². The van der Waals surface area contributed by atoms with Crippen LogP contribution in [0.3, 0.4) is 0 Å². The molecule has 4 nitrogen and oxygen atoms in total. The zero-order chi connectivity index (χ0) is 19.2. The first-order valence-electron chi connectivity index (χ1n) is 9.43. The van der Waals surface area contributed by atoms with Crippen molar-refractivity contribution in [2.45, 2.75) is 13.3 Å². The zero-order valence-electron chi connectivity index (χ0n) is 15.7. The van der Waals surface area contributed by atoms with Crippen molar-refractivity contribution in [1.82, 2.24) is 15.0 Å². The van der Waals surface area contributed by atoms with Gasteiger partial charge in [0.25, 0.3) is 0 Å². The van der Waals surface area contributed by atoms with Gasteiger partial charge in [0.1, 0.15) is 5.75 Å². The highest BCUT2D eigenvalue weighted by Gasteiger charge is 2.12. The molecule has 0 aliphatic rings. The Morgan fingerprint density at radius 1 is 0.571 bits per heavy atom. The van der Waals surface area contributed by atoms with E-state index in [9.17, 15) is 0 Å². The molecule has 0 amide bonds. The Balaban J connectivity index is 1.78. The van der Waals surface area contributed by atoms with Crippen molar-refractivity contribution in [3.63, 3.8) is 0 Å². The fraction of sp³-hybridized carbons (Fsp3) is 0.125. The van der Waals surface area contributed by atoms with Gasteiger partial charge in [0.05, 0.1) is 6.61 Å². The summed E-state index contributed by atoms with van der Waals surface area (Å²) < 4.78 is 5.68. The van der Waals surface area contributed by atoms with Gasteiger partial charge in [-0.2, -0.15) is 0 Å². The van der Waals surface area contributed by atoms with Crippen molar-refractivity contribution in [2.75, 3.05) is 6.61 Å². The molecule has 4 heteroatoms. The third-order valence-electron chi connectivity index (χ3n) is 4.28. The Kier molecular flexibility index (Phi) is 5.38. The predicted molar refractivity (Wildman–Crippen MR) is 112 cm³/mol. The van der Waals surface area contributed by atoms with Crippen LogP contribution in [0.25, 0.3) is 34.2 Å². The van der Waals surface area contributed by atoms with Crippen molar-refractivity contribution >= 4 is 0 Å². The van der Waals surface area contributed by atoms with E-state index in [0.29, 0.717) is 24.1 Å². The average molecular weight is 367 g/mol. The van der Waals surface area contributed by atoms with Gasteiger partial charge in [-0.1, -0.05) is 67.6 Å². The molecule has 4 rings (SSSR count). The van der Waals surface area contributed by atoms with Crippen LogP contribution < -0.4 is 4.74 Å². The minimum atomic E-state index is 0.648. The molecule has 0 spiro atoms. The Labute approximate surface area is 164 Å². The second kappa shape index (κ2) is 8.44. The fourth-order valence-electron chi connectivity index (χ4n) is 2.86. The van der Waals surface area contributed by atoms with Crippen molar-refractivity contribution in [3.8, 4) is 39.9 Å². The molecular weight excluding hydrogens is 346 g/mol. The number of nitrogens with zero attached hydrogens (tertiary/aromatic N) is 3. The molecule has 3 aromatic carbocycles. The van der Waals surface area contributed by atoms with Crippen molar-refractivity contribution in [1.29, 1.82) is 0 Å². The first-order chi connectivity index (χ1) is 13.8. The van der Waals surface area contributed by atoms with Crippen LogP contribution in [0, 0.1) is 0 Å². The molecule has 0 aliphatic heterocycles. The number of hydrogen-bond acceptors (Lipinski definition) is 4. The van der Waals surface area contributed by atoms with Crippen LogP contribution in [0.5, 0.6) is 5.75 Å². The van der Waals surface area contributed by atoms with Crippen LogP contribution in [0.1, 0.15) is 13.3 Å². The molecule has 138 valence electrons. The molecule has 4 aromatic rings. The maximum Gasteiger partial charge on any atom is 0.164 e. The molecule has 0 saturated carbocycles. The van der Waals surface area contributed by atoms with E-state index in [-0.39, 0.29) is 0 Å². The molecule has 0 radical (unpaired) electrons. The Morgan fingerprint density at radius 2 is 1.00 bits per heavy atom. The van der Waals surface area contributed by atoms with Crippen molar-refractivity contribution in [2.24, 2.45) is 0 Å². The van der Waals surface area contributed by atoms with E-state index in [2.05, 4.69) is 6.92 Å². The summed E-state index contributed by atoms with van der Waals surface area (Å²) >= 11 is 0. The molecule has 1 aromatic heterocycles. The summed E-state index contributed by atoms with van der Waals surface area (Å²) in [6.45, 7) is 2.80. The van der Waals surface area contributed by atoms with Gasteiger partial charge in [0.2, 0.25) is 0 Å². The topological polar surface area (TPSA) is 47.9 Å². The molecule has 28 heavy (non-hydrogen) atoms. The smallest absolute Gasteiger partial charge is 0.164 e. The average Bonchev–Trinajstić information content (AvgIpc) is 2.79. The summed E-state index contributed by atoms with van der Waals surface area (Å²) in [7, 11) is 0. The number of hydrogen-bond donors (Lipinski definition) is 0. The SMILES string of the molecule is CCCOc1ccc(-c2nc(-c3ccccc3)nc(-c3ccccc3)n2)cc1. The van der Waals surface area contributed by atoms with Gasteiger partial charge < -0.3 is 4.74 Å². The van der Waals surface area contributed by atoms with Gasteiger partial charge in [-0.3, -0.25) is 0 Å². The highest BCUT2D eigenvalue weighted by atomic mass is 16.5. The summed E-state index contributed by atoms with van der Waals surface area (Å²) in [4.78, 5) is 14.2. The summed E-state index contributed by atoms with van der Waals surface area (Å²) in [5.74, 6) is 2.83. The van der Waals surface area contributed by atoms with Crippen LogP contribution in [0.15, 0.2) is 84.9 Å². The summed E-state index contributed by atoms with van der Waals surface area (Å²) in [5.41, 5.74) is 2.86. The van der Waals surface area contributed by atoms with Gasteiger partial charge in [0, 0.05) is 16.7 Å². The van der Waals surface area contributed by atoms with E-state index in [1.807, 2.05) is 84.9 Å². The number of aromatic nitrogens is 3. The Morgan fingerprint density at radius 3 is 1.43 bits per heavy atom. The van der Waals surface area contributed by atoms with E-state index in [1.54, 1.807) is 0 Å². The first-order valence-corrected chi connectivity index (χ1v) is 9.43. The normalized spacial score (nSPS) is 10.6. The summed E-state index contributed by atoms with van der Waals surface area (Å²) in [6, 6.07) is 27.9. The number of rotatable bonds is 6. The lowest BCUT2D eigenvalue weighted by Crippen LogP contribution is -2.00. The lowest BCUT2D eigenvalue weighted by atomic mass is 10.1. The van der Waals surface area contributed by atoms with Crippen LogP contribution >= 0.6 is 0 Å². The second-order valence-electron chi connectivity index (χ2n) is 6.41. The number of ether oxygens (including phenoxy) is 1. The molecule has 0 unspecified atom stereocenters. The minimum Gasteiger partial charge on any atom is -0.494 e. The van der Waals surface area contributed by atoms with E-state index in [0.717, 1.165) is 28.9 Å². The van der Waals surface area contributed by atoms with E-state index in [4.69, 9.17) is 19.7 Å². The van der Waals surface area contributed by atoms with Crippen LogP contribution in [-0.4, -0.2) is 21.6 Å². The lowest BCUT2D eigenvalue weighted by Gasteiger charge is -2.09. The lowest BCUT2D eigenvalue weighted by molar-refractivity contribution is 0.317. The van der Waals surface area contributed by atoms with E-state index >= 15 is 0 Å². The molecule has 0 fully saturated rings. The van der Waals surface area contributed by atoms with Crippen molar-refractivity contribution < 1.29 is 4.74 Å². The van der Waals surface area contributed by atoms with E-state index < -0.39 is 0 Å². The maximum absolute atomic E-state index is 5.68. The monoisotopic (exact) mass is 367 g/mol. The number of benzene rings is 3. The zero-order valence-corrected chi connectivity index (χ0v) is 15.7.